The first kappa shape index (κ1) is 14.5. The largest absolute Gasteiger partial charge is 0.329 e. The van der Waals surface area contributed by atoms with Gasteiger partial charge >= 0.3 is 0 Å². The molecule has 0 fully saturated rings. The molecule has 0 spiro atoms. The summed E-state index contributed by atoms with van der Waals surface area (Å²) in [5.41, 5.74) is 5.99. The van der Waals surface area contributed by atoms with Gasteiger partial charge < -0.3 is 5.73 Å². The molecule has 1 rings (SSSR count). The molecule has 0 aliphatic heterocycles. The molecule has 0 saturated carbocycles. The van der Waals surface area contributed by atoms with E-state index in [1.54, 1.807) is 0 Å². The molecule has 1 atom stereocenters. The summed E-state index contributed by atoms with van der Waals surface area (Å²) in [7, 11) is 0. The molecule has 2 nitrogen and oxygen atoms in total. The summed E-state index contributed by atoms with van der Waals surface area (Å²) >= 11 is 2.92. The fraction of sp³-hybridized carbons (Fsp3) is 0.500. The third-order valence-corrected chi connectivity index (χ3v) is 3.61. The highest BCUT2D eigenvalue weighted by Gasteiger charge is 2.20. The van der Waals surface area contributed by atoms with Crippen LogP contribution in [0.1, 0.15) is 25.5 Å². The van der Waals surface area contributed by atoms with Gasteiger partial charge in [-0.2, -0.15) is 0 Å². The number of nitrogens with two attached hydrogens (primary N) is 1. The van der Waals surface area contributed by atoms with Crippen LogP contribution in [0, 0.1) is 11.6 Å². The Morgan fingerprint density at radius 2 is 2.06 bits per heavy atom. The number of rotatable bonds is 5. The second kappa shape index (κ2) is 6.42. The van der Waals surface area contributed by atoms with Crippen molar-refractivity contribution < 1.29 is 8.78 Å². The van der Waals surface area contributed by atoms with Gasteiger partial charge in [-0.25, -0.2) is 8.78 Å². The Bertz CT molecular complexity index is 385. The van der Waals surface area contributed by atoms with Crippen molar-refractivity contribution in [2.75, 3.05) is 19.6 Å². The lowest BCUT2D eigenvalue weighted by Gasteiger charge is -2.28. The summed E-state index contributed by atoms with van der Waals surface area (Å²) in [4.78, 5) is 2.04. The van der Waals surface area contributed by atoms with Gasteiger partial charge in [0.25, 0.3) is 0 Å². The van der Waals surface area contributed by atoms with E-state index in [2.05, 4.69) is 15.9 Å². The van der Waals surface area contributed by atoms with E-state index >= 15 is 0 Å². The third kappa shape index (κ3) is 3.24. The Labute approximate surface area is 109 Å². The topological polar surface area (TPSA) is 29.3 Å². The first-order valence-corrected chi connectivity index (χ1v) is 6.39. The molecule has 17 heavy (non-hydrogen) atoms. The van der Waals surface area contributed by atoms with E-state index in [-0.39, 0.29) is 10.5 Å². The van der Waals surface area contributed by atoms with E-state index in [1.807, 2.05) is 18.7 Å². The number of hydrogen-bond donors (Lipinski definition) is 1. The first-order chi connectivity index (χ1) is 8.02. The predicted molar refractivity (Wildman–Crippen MR) is 68.8 cm³/mol. The summed E-state index contributed by atoms with van der Waals surface area (Å²) in [6.45, 7) is 5.85. The minimum Gasteiger partial charge on any atom is -0.329 e. The highest BCUT2D eigenvalue weighted by atomic mass is 79.9. The maximum Gasteiger partial charge on any atom is 0.145 e. The van der Waals surface area contributed by atoms with Crippen molar-refractivity contribution in [2.24, 2.45) is 5.73 Å². The quantitative estimate of drug-likeness (QED) is 0.847. The summed E-state index contributed by atoms with van der Waals surface area (Å²) < 4.78 is 26.9. The predicted octanol–water partition coefficient (Wildman–Crippen LogP) is 3.07. The van der Waals surface area contributed by atoms with Crippen LogP contribution in [0.5, 0.6) is 0 Å². The van der Waals surface area contributed by atoms with Gasteiger partial charge in [0.2, 0.25) is 0 Å². The van der Waals surface area contributed by atoms with Crippen molar-refractivity contribution in [3.8, 4) is 0 Å². The normalized spacial score (nSPS) is 13.1. The lowest BCUT2D eigenvalue weighted by Crippen LogP contribution is -2.32. The molecule has 1 unspecified atom stereocenters. The van der Waals surface area contributed by atoms with E-state index in [1.165, 1.54) is 12.1 Å². The van der Waals surface area contributed by atoms with Crippen LogP contribution in [0.15, 0.2) is 16.6 Å². The zero-order valence-electron chi connectivity index (χ0n) is 10.0. The minimum absolute atomic E-state index is 0.106. The van der Waals surface area contributed by atoms with Crippen LogP contribution in [0.25, 0.3) is 0 Å². The first-order valence-electron chi connectivity index (χ1n) is 5.60. The van der Waals surface area contributed by atoms with E-state index in [4.69, 9.17) is 5.73 Å². The van der Waals surface area contributed by atoms with Crippen LogP contribution in [0.3, 0.4) is 0 Å². The summed E-state index contributed by atoms with van der Waals surface area (Å²) in [5, 5.41) is 0. The van der Waals surface area contributed by atoms with Crippen LogP contribution in [0.2, 0.25) is 0 Å². The highest BCUT2D eigenvalue weighted by molar-refractivity contribution is 9.10. The smallest absolute Gasteiger partial charge is 0.145 e. The molecular formula is C12H17BrF2N2. The van der Waals surface area contributed by atoms with Crippen LogP contribution in [-0.2, 0) is 0 Å². The second-order valence-electron chi connectivity index (χ2n) is 3.86. The van der Waals surface area contributed by atoms with E-state index in [9.17, 15) is 8.78 Å². The Morgan fingerprint density at radius 3 is 2.59 bits per heavy atom. The van der Waals surface area contributed by atoms with Gasteiger partial charge in [-0.05, 0) is 35.5 Å². The van der Waals surface area contributed by atoms with Crippen LogP contribution in [-0.4, -0.2) is 24.5 Å². The van der Waals surface area contributed by atoms with Gasteiger partial charge in [0.15, 0.2) is 0 Å². The molecule has 0 aromatic heterocycles. The Morgan fingerprint density at radius 1 is 1.41 bits per heavy atom. The van der Waals surface area contributed by atoms with Crippen molar-refractivity contribution in [1.82, 2.24) is 4.90 Å². The highest BCUT2D eigenvalue weighted by Crippen LogP contribution is 2.29. The van der Waals surface area contributed by atoms with Crippen LogP contribution < -0.4 is 5.73 Å². The van der Waals surface area contributed by atoms with Gasteiger partial charge in [0.1, 0.15) is 11.6 Å². The molecule has 2 N–H and O–H groups in total. The van der Waals surface area contributed by atoms with Gasteiger partial charge in [-0.3, -0.25) is 4.90 Å². The molecule has 0 heterocycles. The van der Waals surface area contributed by atoms with Crippen molar-refractivity contribution in [3.63, 3.8) is 0 Å². The third-order valence-electron chi connectivity index (χ3n) is 2.89. The summed E-state index contributed by atoms with van der Waals surface area (Å²) in [6, 6.07) is 2.63. The lowest BCUT2D eigenvalue weighted by molar-refractivity contribution is 0.224. The number of likely N-dealkylation sites (N-methyl/N-ethyl adjacent to an activating group) is 1. The summed E-state index contributed by atoms with van der Waals surface area (Å²) in [6.07, 6.45) is 0. The molecule has 1 aromatic rings. The average molecular weight is 307 g/mol. The fourth-order valence-corrected chi connectivity index (χ4v) is 2.21. The van der Waals surface area contributed by atoms with Crippen molar-refractivity contribution in [3.05, 3.63) is 33.8 Å². The lowest BCUT2D eigenvalue weighted by atomic mass is 10.1. The van der Waals surface area contributed by atoms with Crippen LogP contribution >= 0.6 is 15.9 Å². The van der Waals surface area contributed by atoms with E-state index in [0.717, 1.165) is 6.54 Å². The SMILES string of the molecule is CCN(CCN)C(C)c1ccc(F)c(Br)c1F. The van der Waals surface area contributed by atoms with Crippen LogP contribution in [0.4, 0.5) is 8.78 Å². The Hall–Kier alpha value is -0.520. The number of halogens is 3. The van der Waals surface area contributed by atoms with E-state index < -0.39 is 11.6 Å². The molecule has 0 bridgehead atoms. The molecular weight excluding hydrogens is 290 g/mol. The standard InChI is InChI=1S/C12H17BrF2N2/c1-3-17(7-6-16)8(2)9-4-5-10(14)11(13)12(9)15/h4-5,8H,3,6-7,16H2,1-2H3. The fourth-order valence-electron chi connectivity index (χ4n) is 1.85. The number of benzene rings is 1. The number of hydrogen-bond acceptors (Lipinski definition) is 2. The maximum absolute atomic E-state index is 13.9. The molecule has 0 amide bonds. The Balaban J connectivity index is 3.03. The van der Waals surface area contributed by atoms with Crippen molar-refractivity contribution in [2.45, 2.75) is 19.9 Å². The molecule has 5 heteroatoms. The molecule has 96 valence electrons. The zero-order valence-corrected chi connectivity index (χ0v) is 11.6. The van der Waals surface area contributed by atoms with Gasteiger partial charge in [-0.1, -0.05) is 13.0 Å². The average Bonchev–Trinajstić information content (AvgIpc) is 2.32. The maximum atomic E-state index is 13.9. The van der Waals surface area contributed by atoms with Gasteiger partial charge in [0, 0.05) is 24.7 Å². The van der Waals surface area contributed by atoms with Gasteiger partial charge in [0.05, 0.1) is 4.47 Å². The van der Waals surface area contributed by atoms with Gasteiger partial charge in [-0.15, -0.1) is 0 Å². The molecule has 0 radical (unpaired) electrons. The Kier molecular flexibility index (Phi) is 5.49. The van der Waals surface area contributed by atoms with Crippen molar-refractivity contribution >= 4 is 15.9 Å². The summed E-state index contributed by atoms with van der Waals surface area (Å²) in [5.74, 6) is -1.12. The molecule has 1 aromatic carbocycles. The monoisotopic (exact) mass is 306 g/mol. The second-order valence-corrected chi connectivity index (χ2v) is 4.65. The number of nitrogens with zero attached hydrogens (tertiary/aromatic N) is 1. The van der Waals surface area contributed by atoms with E-state index in [0.29, 0.717) is 18.7 Å². The molecule has 0 aliphatic carbocycles. The van der Waals surface area contributed by atoms with Crippen molar-refractivity contribution in [1.29, 1.82) is 0 Å². The minimum atomic E-state index is -0.583. The molecule has 0 aliphatic rings. The molecule has 0 saturated heterocycles. The zero-order chi connectivity index (χ0) is 13.0.